The van der Waals surface area contributed by atoms with Crippen LogP contribution in [0.3, 0.4) is 0 Å². The summed E-state index contributed by atoms with van der Waals surface area (Å²) in [5, 5.41) is 1.27. The zero-order chi connectivity index (χ0) is 12.5. The third-order valence-corrected chi connectivity index (χ3v) is 3.81. The number of nitrogens with zero attached hydrogens (tertiary/aromatic N) is 1. The van der Waals surface area contributed by atoms with Crippen molar-refractivity contribution in [1.29, 1.82) is 0 Å². The molecule has 1 aromatic carbocycles. The highest BCUT2D eigenvalue weighted by molar-refractivity contribution is 5.83. The first kappa shape index (κ1) is 11.8. The van der Waals surface area contributed by atoms with Crippen molar-refractivity contribution in [2.75, 3.05) is 0 Å². The smallest absolute Gasteiger partial charge is 0.0758 e. The van der Waals surface area contributed by atoms with Crippen molar-refractivity contribution in [3.63, 3.8) is 0 Å². The number of fused-ring (bicyclic) bond motifs is 1. The summed E-state index contributed by atoms with van der Waals surface area (Å²) in [6.45, 7) is 3.68. The van der Waals surface area contributed by atoms with E-state index in [1.807, 2.05) is 0 Å². The minimum Gasteiger partial charge on any atom is -0.373 e. The number of aromatic nitrogens is 1. The molecule has 2 heterocycles. The summed E-state index contributed by atoms with van der Waals surface area (Å²) >= 11 is 0. The third-order valence-electron chi connectivity index (χ3n) is 3.81. The summed E-state index contributed by atoms with van der Waals surface area (Å²) in [6.07, 6.45) is 5.27. The van der Waals surface area contributed by atoms with Gasteiger partial charge in [-0.3, -0.25) is 0 Å². The van der Waals surface area contributed by atoms with Crippen LogP contribution in [0.5, 0.6) is 0 Å². The second-order valence-electron chi connectivity index (χ2n) is 5.17. The lowest BCUT2D eigenvalue weighted by Gasteiger charge is -2.13. The van der Waals surface area contributed by atoms with Crippen LogP contribution in [-0.4, -0.2) is 16.8 Å². The zero-order valence-corrected chi connectivity index (χ0v) is 10.8. The van der Waals surface area contributed by atoms with Gasteiger partial charge in [0.15, 0.2) is 0 Å². The Labute approximate surface area is 108 Å². The predicted molar refractivity (Wildman–Crippen MR) is 73.4 cm³/mol. The van der Waals surface area contributed by atoms with Crippen LogP contribution in [-0.2, 0) is 17.8 Å². The summed E-state index contributed by atoms with van der Waals surface area (Å²) < 4.78 is 8.20. The molecular formula is C15H20N2O. The lowest BCUT2D eigenvalue weighted by atomic mass is 10.2. The quantitative estimate of drug-likeness (QED) is 0.901. The average Bonchev–Trinajstić information content (AvgIpc) is 2.95. The molecule has 2 N–H and O–H groups in total. The molecule has 0 aliphatic carbocycles. The number of nitrogens with two attached hydrogens (primary N) is 1. The van der Waals surface area contributed by atoms with Crippen LogP contribution >= 0.6 is 0 Å². The molecule has 1 aromatic heterocycles. The second kappa shape index (κ2) is 4.75. The van der Waals surface area contributed by atoms with Gasteiger partial charge < -0.3 is 15.0 Å². The first-order chi connectivity index (χ1) is 8.78. The normalized spacial score (nSPS) is 23.9. The monoisotopic (exact) mass is 244 g/mol. The van der Waals surface area contributed by atoms with E-state index in [1.165, 1.54) is 22.9 Å². The summed E-state index contributed by atoms with van der Waals surface area (Å²) in [7, 11) is 0. The molecule has 2 unspecified atom stereocenters. The Morgan fingerprint density at radius 2 is 2.17 bits per heavy atom. The van der Waals surface area contributed by atoms with Crippen molar-refractivity contribution < 1.29 is 4.74 Å². The van der Waals surface area contributed by atoms with E-state index in [1.54, 1.807) is 0 Å². The van der Waals surface area contributed by atoms with Crippen LogP contribution in [0, 0.1) is 0 Å². The maximum atomic E-state index is 5.90. The molecular weight excluding hydrogens is 224 g/mol. The Kier molecular flexibility index (Phi) is 3.10. The summed E-state index contributed by atoms with van der Waals surface area (Å²) in [5.74, 6) is 0. The fourth-order valence-electron chi connectivity index (χ4n) is 2.88. The Morgan fingerprint density at radius 3 is 2.89 bits per heavy atom. The van der Waals surface area contributed by atoms with E-state index in [0.29, 0.717) is 18.8 Å². The van der Waals surface area contributed by atoms with E-state index < -0.39 is 0 Å². The van der Waals surface area contributed by atoms with Crippen molar-refractivity contribution >= 4 is 10.9 Å². The Morgan fingerprint density at radius 1 is 1.33 bits per heavy atom. The predicted octanol–water partition coefficient (Wildman–Crippen LogP) is 2.67. The molecule has 0 saturated carbocycles. The van der Waals surface area contributed by atoms with Crippen LogP contribution in [0.4, 0.5) is 0 Å². The molecule has 3 heteroatoms. The Balaban J connectivity index is 1.92. The van der Waals surface area contributed by atoms with E-state index in [2.05, 4.69) is 42.0 Å². The van der Waals surface area contributed by atoms with Crippen LogP contribution in [0.15, 0.2) is 30.5 Å². The molecule has 0 spiro atoms. The van der Waals surface area contributed by atoms with Crippen molar-refractivity contribution in [1.82, 2.24) is 4.57 Å². The van der Waals surface area contributed by atoms with Gasteiger partial charge >= 0.3 is 0 Å². The number of para-hydroxylation sites is 1. The molecule has 0 radical (unpaired) electrons. The molecule has 1 saturated heterocycles. The van der Waals surface area contributed by atoms with Crippen molar-refractivity contribution in [2.45, 2.75) is 45.1 Å². The lowest BCUT2D eigenvalue weighted by Crippen LogP contribution is -2.15. The maximum Gasteiger partial charge on any atom is 0.0758 e. The number of hydrogen-bond acceptors (Lipinski definition) is 2. The van der Waals surface area contributed by atoms with Crippen molar-refractivity contribution in [3.05, 3.63) is 36.0 Å². The molecule has 2 atom stereocenters. The van der Waals surface area contributed by atoms with Gasteiger partial charge in [-0.1, -0.05) is 18.2 Å². The molecule has 1 fully saturated rings. The molecule has 18 heavy (non-hydrogen) atoms. The van der Waals surface area contributed by atoms with Gasteiger partial charge in [-0.25, -0.2) is 0 Å². The van der Waals surface area contributed by atoms with E-state index in [4.69, 9.17) is 10.5 Å². The summed E-state index contributed by atoms with van der Waals surface area (Å²) in [6, 6.07) is 8.45. The van der Waals surface area contributed by atoms with E-state index in [-0.39, 0.29) is 0 Å². The number of ether oxygens (including phenoxy) is 1. The summed E-state index contributed by atoms with van der Waals surface area (Å²) in [5.41, 5.74) is 8.30. The summed E-state index contributed by atoms with van der Waals surface area (Å²) in [4.78, 5) is 0. The fourth-order valence-corrected chi connectivity index (χ4v) is 2.88. The van der Waals surface area contributed by atoms with Gasteiger partial charge in [0.2, 0.25) is 0 Å². The van der Waals surface area contributed by atoms with Crippen molar-refractivity contribution in [2.24, 2.45) is 5.73 Å². The molecule has 0 amide bonds. The zero-order valence-electron chi connectivity index (χ0n) is 10.8. The Hall–Kier alpha value is -1.32. The minimum absolute atomic E-state index is 0.349. The van der Waals surface area contributed by atoms with Gasteiger partial charge in [0.05, 0.1) is 12.2 Å². The van der Waals surface area contributed by atoms with Crippen LogP contribution < -0.4 is 5.73 Å². The van der Waals surface area contributed by atoms with Crippen LogP contribution in [0.1, 0.15) is 25.3 Å². The number of rotatable bonds is 3. The van der Waals surface area contributed by atoms with Gasteiger partial charge in [0.25, 0.3) is 0 Å². The minimum atomic E-state index is 0.349. The highest BCUT2D eigenvalue weighted by Gasteiger charge is 2.22. The Bertz CT molecular complexity index is 546. The van der Waals surface area contributed by atoms with Crippen LogP contribution in [0.2, 0.25) is 0 Å². The SMILES string of the molecule is CC1CCC(Cn2cc(CN)c3ccccc32)O1. The molecule has 1 aliphatic rings. The van der Waals surface area contributed by atoms with E-state index >= 15 is 0 Å². The van der Waals surface area contributed by atoms with Crippen molar-refractivity contribution in [3.8, 4) is 0 Å². The van der Waals surface area contributed by atoms with Gasteiger partial charge in [0.1, 0.15) is 0 Å². The second-order valence-corrected chi connectivity index (χ2v) is 5.17. The van der Waals surface area contributed by atoms with E-state index in [9.17, 15) is 0 Å². The van der Waals surface area contributed by atoms with E-state index in [0.717, 1.165) is 13.0 Å². The fraction of sp³-hybridized carbons (Fsp3) is 0.467. The average molecular weight is 244 g/mol. The van der Waals surface area contributed by atoms with Gasteiger partial charge in [-0.05, 0) is 31.4 Å². The third kappa shape index (κ3) is 2.04. The first-order valence-corrected chi connectivity index (χ1v) is 6.70. The molecule has 0 bridgehead atoms. The molecule has 96 valence electrons. The van der Waals surface area contributed by atoms with Crippen LogP contribution in [0.25, 0.3) is 10.9 Å². The molecule has 1 aliphatic heterocycles. The highest BCUT2D eigenvalue weighted by atomic mass is 16.5. The van der Waals surface area contributed by atoms with Gasteiger partial charge in [0, 0.05) is 30.2 Å². The largest absolute Gasteiger partial charge is 0.373 e. The highest BCUT2D eigenvalue weighted by Crippen LogP contribution is 2.25. The topological polar surface area (TPSA) is 40.2 Å². The first-order valence-electron chi connectivity index (χ1n) is 6.70. The standard InChI is InChI=1S/C15H20N2O/c1-11-6-7-13(18-11)10-17-9-12(8-16)14-4-2-3-5-15(14)17/h2-5,9,11,13H,6-8,10,16H2,1H3. The molecule has 2 aromatic rings. The number of benzene rings is 1. The maximum absolute atomic E-state index is 5.90. The lowest BCUT2D eigenvalue weighted by molar-refractivity contribution is 0.0465. The number of hydrogen-bond donors (Lipinski definition) is 1. The molecule has 3 rings (SSSR count). The van der Waals surface area contributed by atoms with Gasteiger partial charge in [-0.2, -0.15) is 0 Å². The molecule has 3 nitrogen and oxygen atoms in total. The van der Waals surface area contributed by atoms with Gasteiger partial charge in [-0.15, -0.1) is 0 Å².